The Kier molecular flexibility index (Phi) is 5.16. The summed E-state index contributed by atoms with van der Waals surface area (Å²) in [4.78, 5) is 12.0. The van der Waals surface area contributed by atoms with Gasteiger partial charge in [-0.1, -0.05) is 32.0 Å². The predicted octanol–water partition coefficient (Wildman–Crippen LogP) is 2.39. The molecule has 0 radical (unpaired) electrons. The van der Waals surface area contributed by atoms with Crippen LogP contribution in [0.3, 0.4) is 0 Å². The Hall–Kier alpha value is -1.35. The van der Waals surface area contributed by atoms with Crippen molar-refractivity contribution in [3.63, 3.8) is 0 Å². The molecule has 94 valence electrons. The molecule has 17 heavy (non-hydrogen) atoms. The highest BCUT2D eigenvalue weighted by Crippen LogP contribution is 2.14. The van der Waals surface area contributed by atoms with E-state index >= 15 is 0 Å². The van der Waals surface area contributed by atoms with Crippen molar-refractivity contribution in [2.45, 2.75) is 33.3 Å². The van der Waals surface area contributed by atoms with Crippen LogP contribution >= 0.6 is 0 Å². The van der Waals surface area contributed by atoms with Gasteiger partial charge in [0, 0.05) is 0 Å². The van der Waals surface area contributed by atoms with Crippen molar-refractivity contribution in [3.8, 4) is 0 Å². The van der Waals surface area contributed by atoms with Gasteiger partial charge in [0.1, 0.15) is 6.10 Å². The summed E-state index contributed by atoms with van der Waals surface area (Å²) in [6.45, 7) is 6.51. The fourth-order valence-corrected chi connectivity index (χ4v) is 1.46. The van der Waals surface area contributed by atoms with Crippen LogP contribution in [0.4, 0.5) is 0 Å². The standard InChI is InChI=1S/C14H21NO2/c1-10(2)11(3)17-14(16)13-7-5-4-6-12(13)8-9-15/h4-7,10-11H,8-9,15H2,1-3H3. The molecule has 0 aromatic heterocycles. The molecule has 1 aromatic carbocycles. The van der Waals surface area contributed by atoms with Gasteiger partial charge in [0.15, 0.2) is 0 Å². The van der Waals surface area contributed by atoms with Crippen molar-refractivity contribution >= 4 is 5.97 Å². The summed E-state index contributed by atoms with van der Waals surface area (Å²) in [5, 5.41) is 0. The first-order valence-corrected chi connectivity index (χ1v) is 6.05. The monoisotopic (exact) mass is 235 g/mol. The lowest BCUT2D eigenvalue weighted by atomic mass is 10.0. The molecule has 1 aromatic rings. The van der Waals surface area contributed by atoms with E-state index in [1.165, 1.54) is 0 Å². The van der Waals surface area contributed by atoms with Crippen molar-refractivity contribution in [1.29, 1.82) is 0 Å². The zero-order chi connectivity index (χ0) is 12.8. The molecule has 0 heterocycles. The topological polar surface area (TPSA) is 52.3 Å². The summed E-state index contributed by atoms with van der Waals surface area (Å²) < 4.78 is 5.41. The number of rotatable bonds is 5. The smallest absolute Gasteiger partial charge is 0.338 e. The van der Waals surface area contributed by atoms with Crippen LogP contribution in [0.2, 0.25) is 0 Å². The van der Waals surface area contributed by atoms with Gasteiger partial charge in [-0.05, 0) is 37.4 Å². The second-order valence-corrected chi connectivity index (χ2v) is 4.55. The van der Waals surface area contributed by atoms with Crippen LogP contribution in [0.1, 0.15) is 36.7 Å². The quantitative estimate of drug-likeness (QED) is 0.797. The molecule has 0 saturated heterocycles. The summed E-state index contributed by atoms with van der Waals surface area (Å²) >= 11 is 0. The summed E-state index contributed by atoms with van der Waals surface area (Å²) in [6, 6.07) is 7.47. The van der Waals surface area contributed by atoms with Crippen LogP contribution in [-0.2, 0) is 11.2 Å². The minimum absolute atomic E-state index is 0.0755. The molecular formula is C14H21NO2. The Morgan fingerprint density at radius 2 is 1.94 bits per heavy atom. The third-order valence-corrected chi connectivity index (χ3v) is 2.88. The molecule has 0 spiro atoms. The Balaban J connectivity index is 2.81. The lowest BCUT2D eigenvalue weighted by Crippen LogP contribution is -2.21. The van der Waals surface area contributed by atoms with Crippen LogP contribution < -0.4 is 5.73 Å². The molecule has 0 fully saturated rings. The number of benzene rings is 1. The van der Waals surface area contributed by atoms with Crippen LogP contribution in [0.5, 0.6) is 0 Å². The molecule has 0 aliphatic heterocycles. The minimum atomic E-state index is -0.254. The van der Waals surface area contributed by atoms with Gasteiger partial charge in [0.2, 0.25) is 0 Å². The van der Waals surface area contributed by atoms with E-state index in [-0.39, 0.29) is 12.1 Å². The van der Waals surface area contributed by atoms with E-state index in [1.54, 1.807) is 6.07 Å². The highest BCUT2D eigenvalue weighted by molar-refractivity contribution is 5.91. The molecule has 0 aliphatic carbocycles. The lowest BCUT2D eigenvalue weighted by molar-refractivity contribution is 0.0237. The average molecular weight is 235 g/mol. The molecule has 0 bridgehead atoms. The van der Waals surface area contributed by atoms with Crippen molar-refractivity contribution in [1.82, 2.24) is 0 Å². The van der Waals surface area contributed by atoms with Gasteiger partial charge in [0.25, 0.3) is 0 Å². The number of hydrogen-bond acceptors (Lipinski definition) is 3. The van der Waals surface area contributed by atoms with Gasteiger partial charge < -0.3 is 10.5 Å². The molecule has 1 unspecified atom stereocenters. The van der Waals surface area contributed by atoms with Crippen LogP contribution in [0.15, 0.2) is 24.3 Å². The zero-order valence-corrected chi connectivity index (χ0v) is 10.8. The number of nitrogens with two attached hydrogens (primary N) is 1. The molecule has 0 amide bonds. The highest BCUT2D eigenvalue weighted by atomic mass is 16.5. The number of esters is 1. The number of hydrogen-bond donors (Lipinski definition) is 1. The van der Waals surface area contributed by atoms with E-state index in [1.807, 2.05) is 39.0 Å². The molecule has 3 heteroatoms. The molecule has 3 nitrogen and oxygen atoms in total. The first kappa shape index (κ1) is 13.7. The predicted molar refractivity (Wildman–Crippen MR) is 68.9 cm³/mol. The van der Waals surface area contributed by atoms with E-state index in [0.717, 1.165) is 5.56 Å². The van der Waals surface area contributed by atoms with Crippen LogP contribution in [-0.4, -0.2) is 18.6 Å². The van der Waals surface area contributed by atoms with E-state index < -0.39 is 0 Å². The van der Waals surface area contributed by atoms with Crippen molar-refractivity contribution in [2.75, 3.05) is 6.54 Å². The van der Waals surface area contributed by atoms with Gasteiger partial charge in [0.05, 0.1) is 5.56 Å². The first-order valence-electron chi connectivity index (χ1n) is 6.05. The van der Waals surface area contributed by atoms with E-state index in [4.69, 9.17) is 10.5 Å². The molecule has 2 N–H and O–H groups in total. The maximum absolute atomic E-state index is 12.0. The van der Waals surface area contributed by atoms with Gasteiger partial charge in [-0.3, -0.25) is 0 Å². The Morgan fingerprint density at radius 1 is 1.29 bits per heavy atom. The Bertz CT molecular complexity index is 374. The van der Waals surface area contributed by atoms with Crippen molar-refractivity contribution < 1.29 is 9.53 Å². The van der Waals surface area contributed by atoms with E-state index in [2.05, 4.69) is 0 Å². The Morgan fingerprint density at radius 3 is 2.53 bits per heavy atom. The summed E-state index contributed by atoms with van der Waals surface area (Å²) in [5.74, 6) is 0.0656. The summed E-state index contributed by atoms with van der Waals surface area (Å²) in [5.41, 5.74) is 7.11. The number of carbonyl (C=O) groups is 1. The lowest BCUT2D eigenvalue weighted by Gasteiger charge is -2.17. The van der Waals surface area contributed by atoms with Gasteiger partial charge in [-0.15, -0.1) is 0 Å². The maximum Gasteiger partial charge on any atom is 0.338 e. The van der Waals surface area contributed by atoms with E-state index in [0.29, 0.717) is 24.4 Å². The fraction of sp³-hybridized carbons (Fsp3) is 0.500. The largest absolute Gasteiger partial charge is 0.459 e. The zero-order valence-electron chi connectivity index (χ0n) is 10.8. The SMILES string of the molecule is CC(C)C(C)OC(=O)c1ccccc1CCN. The van der Waals surface area contributed by atoms with E-state index in [9.17, 15) is 4.79 Å². The maximum atomic E-state index is 12.0. The third-order valence-electron chi connectivity index (χ3n) is 2.88. The third kappa shape index (κ3) is 3.86. The normalized spacial score (nSPS) is 12.5. The van der Waals surface area contributed by atoms with Crippen LogP contribution in [0, 0.1) is 5.92 Å². The summed E-state index contributed by atoms with van der Waals surface area (Å²) in [6.07, 6.45) is 0.620. The number of carbonyl (C=O) groups excluding carboxylic acids is 1. The highest BCUT2D eigenvalue weighted by Gasteiger charge is 2.16. The minimum Gasteiger partial charge on any atom is -0.459 e. The van der Waals surface area contributed by atoms with Crippen molar-refractivity contribution in [3.05, 3.63) is 35.4 Å². The molecule has 1 rings (SSSR count). The molecule has 0 aliphatic rings. The van der Waals surface area contributed by atoms with Gasteiger partial charge in [-0.25, -0.2) is 4.79 Å². The van der Waals surface area contributed by atoms with Gasteiger partial charge >= 0.3 is 5.97 Å². The fourth-order valence-electron chi connectivity index (χ4n) is 1.46. The van der Waals surface area contributed by atoms with Gasteiger partial charge in [-0.2, -0.15) is 0 Å². The second kappa shape index (κ2) is 6.40. The number of ether oxygens (including phenoxy) is 1. The van der Waals surface area contributed by atoms with Crippen LogP contribution in [0.25, 0.3) is 0 Å². The second-order valence-electron chi connectivity index (χ2n) is 4.55. The molecule has 1 atom stereocenters. The average Bonchev–Trinajstić information content (AvgIpc) is 2.29. The van der Waals surface area contributed by atoms with Crippen molar-refractivity contribution in [2.24, 2.45) is 11.7 Å². The molecule has 0 saturated carbocycles. The Labute approximate surface area is 103 Å². The first-order chi connectivity index (χ1) is 8.06. The summed E-state index contributed by atoms with van der Waals surface area (Å²) in [7, 11) is 0. The molecular weight excluding hydrogens is 214 g/mol.